The highest BCUT2D eigenvalue weighted by Gasteiger charge is 2.36. The standard InChI is InChI=1S/C11H18FN3O2/c1-14-7-13-5-9(14)11(16)15-4-3-10(17-2)8(12)6-15/h7-10H,3-6H2,1-2H3/t8-,9?,10+/m1/s1. The number of piperidine rings is 1. The molecular formula is C11H18FN3O2. The number of ether oxygens (including phenoxy) is 1. The third kappa shape index (κ3) is 2.41. The summed E-state index contributed by atoms with van der Waals surface area (Å²) >= 11 is 0. The Morgan fingerprint density at radius 3 is 2.88 bits per heavy atom. The van der Waals surface area contributed by atoms with E-state index in [1.807, 2.05) is 7.05 Å². The first-order chi connectivity index (χ1) is 8.13. The van der Waals surface area contributed by atoms with Crippen LogP contribution in [0.3, 0.4) is 0 Å². The second-order valence-electron chi connectivity index (χ2n) is 4.52. The maximum Gasteiger partial charge on any atom is 0.247 e. The molecule has 0 aromatic heterocycles. The zero-order chi connectivity index (χ0) is 12.4. The van der Waals surface area contributed by atoms with Crippen LogP contribution in [0.25, 0.3) is 0 Å². The van der Waals surface area contributed by atoms with Crippen molar-refractivity contribution >= 4 is 12.2 Å². The minimum absolute atomic E-state index is 0.0396. The summed E-state index contributed by atoms with van der Waals surface area (Å²) in [5.74, 6) is -0.0396. The Bertz CT molecular complexity index is 324. The molecule has 0 aromatic carbocycles. The Balaban J connectivity index is 1.93. The van der Waals surface area contributed by atoms with Crippen molar-refractivity contribution in [2.45, 2.75) is 24.7 Å². The Kier molecular flexibility index (Phi) is 3.61. The van der Waals surface area contributed by atoms with Crippen LogP contribution in [-0.4, -0.2) is 74.2 Å². The van der Waals surface area contributed by atoms with Crippen molar-refractivity contribution in [1.82, 2.24) is 9.80 Å². The van der Waals surface area contributed by atoms with Gasteiger partial charge in [-0.25, -0.2) is 4.39 Å². The van der Waals surface area contributed by atoms with Gasteiger partial charge in [-0.2, -0.15) is 0 Å². The second kappa shape index (κ2) is 5.00. The predicted molar refractivity (Wildman–Crippen MR) is 61.8 cm³/mol. The highest BCUT2D eigenvalue weighted by molar-refractivity contribution is 5.86. The largest absolute Gasteiger partial charge is 0.378 e. The Hall–Kier alpha value is -1.17. The number of likely N-dealkylation sites (tertiary alicyclic amines) is 1. The van der Waals surface area contributed by atoms with Gasteiger partial charge in [0.05, 0.1) is 25.5 Å². The van der Waals surface area contributed by atoms with Gasteiger partial charge < -0.3 is 14.5 Å². The van der Waals surface area contributed by atoms with Gasteiger partial charge in [0.2, 0.25) is 5.91 Å². The van der Waals surface area contributed by atoms with Crippen molar-refractivity contribution in [3.05, 3.63) is 0 Å². The van der Waals surface area contributed by atoms with Gasteiger partial charge in [-0.3, -0.25) is 9.79 Å². The van der Waals surface area contributed by atoms with Crippen LogP contribution in [0.15, 0.2) is 4.99 Å². The molecule has 0 bridgehead atoms. The van der Waals surface area contributed by atoms with Gasteiger partial charge >= 0.3 is 0 Å². The van der Waals surface area contributed by atoms with Crippen LogP contribution in [0.5, 0.6) is 0 Å². The lowest BCUT2D eigenvalue weighted by Gasteiger charge is -2.36. The molecule has 2 rings (SSSR count). The van der Waals surface area contributed by atoms with Crippen LogP contribution < -0.4 is 0 Å². The maximum atomic E-state index is 13.7. The summed E-state index contributed by atoms with van der Waals surface area (Å²) in [4.78, 5) is 19.6. The molecule has 6 heteroatoms. The summed E-state index contributed by atoms with van der Waals surface area (Å²) in [6, 6.07) is -0.263. The lowest BCUT2D eigenvalue weighted by atomic mass is 10.0. The number of hydrogen-bond acceptors (Lipinski definition) is 4. The molecule has 0 aromatic rings. The van der Waals surface area contributed by atoms with E-state index in [4.69, 9.17) is 4.74 Å². The monoisotopic (exact) mass is 243 g/mol. The molecule has 17 heavy (non-hydrogen) atoms. The van der Waals surface area contributed by atoms with Gasteiger partial charge in [0.1, 0.15) is 12.2 Å². The van der Waals surface area contributed by atoms with Crippen molar-refractivity contribution in [3.63, 3.8) is 0 Å². The molecule has 1 amide bonds. The number of nitrogens with zero attached hydrogens (tertiary/aromatic N) is 3. The first kappa shape index (κ1) is 12.3. The fourth-order valence-electron chi connectivity index (χ4n) is 2.30. The van der Waals surface area contributed by atoms with Crippen LogP contribution in [0, 0.1) is 0 Å². The normalized spacial score (nSPS) is 33.2. The van der Waals surface area contributed by atoms with Crippen LogP contribution in [0.4, 0.5) is 4.39 Å². The molecule has 5 nitrogen and oxygen atoms in total. The number of aliphatic imine (C=N–C) groups is 1. The van der Waals surface area contributed by atoms with Gasteiger partial charge in [-0.05, 0) is 6.42 Å². The zero-order valence-corrected chi connectivity index (χ0v) is 10.2. The first-order valence-electron chi connectivity index (χ1n) is 5.81. The van der Waals surface area contributed by atoms with Crippen LogP contribution >= 0.6 is 0 Å². The number of amides is 1. The molecule has 96 valence electrons. The predicted octanol–water partition coefficient (Wildman–Crippen LogP) is -0.0859. The highest BCUT2D eigenvalue weighted by Crippen LogP contribution is 2.18. The zero-order valence-electron chi connectivity index (χ0n) is 10.2. The molecule has 3 atom stereocenters. The molecule has 1 unspecified atom stereocenters. The van der Waals surface area contributed by atoms with Gasteiger partial charge in [0, 0.05) is 20.7 Å². The van der Waals surface area contributed by atoms with E-state index in [1.165, 1.54) is 7.11 Å². The number of likely N-dealkylation sites (N-methyl/N-ethyl adjacent to an activating group) is 1. The molecule has 0 aliphatic carbocycles. The lowest BCUT2D eigenvalue weighted by molar-refractivity contribution is -0.139. The van der Waals surface area contributed by atoms with E-state index in [0.29, 0.717) is 19.5 Å². The molecule has 0 N–H and O–H groups in total. The average Bonchev–Trinajstić information content (AvgIpc) is 2.74. The minimum atomic E-state index is -1.09. The number of methoxy groups -OCH3 is 1. The SMILES string of the molecule is CO[C@H]1CCN(C(=O)C2CN=CN2C)C[C@H]1F. The molecule has 2 heterocycles. The number of alkyl halides is 1. The van der Waals surface area contributed by atoms with Gasteiger partial charge in [-0.1, -0.05) is 0 Å². The summed E-state index contributed by atoms with van der Waals surface area (Å²) in [5, 5.41) is 0. The van der Waals surface area contributed by atoms with E-state index in [-0.39, 0.29) is 24.6 Å². The van der Waals surface area contributed by atoms with Crippen LogP contribution in [0.2, 0.25) is 0 Å². The highest BCUT2D eigenvalue weighted by atomic mass is 19.1. The quantitative estimate of drug-likeness (QED) is 0.681. The smallest absolute Gasteiger partial charge is 0.247 e. The van der Waals surface area contributed by atoms with E-state index in [0.717, 1.165) is 0 Å². The van der Waals surface area contributed by atoms with Crippen molar-refractivity contribution in [1.29, 1.82) is 0 Å². The van der Waals surface area contributed by atoms with E-state index < -0.39 is 6.17 Å². The van der Waals surface area contributed by atoms with Crippen LogP contribution in [0.1, 0.15) is 6.42 Å². The number of halogens is 1. The third-order valence-electron chi connectivity index (χ3n) is 3.41. The molecule has 1 fully saturated rings. The van der Waals surface area contributed by atoms with Crippen LogP contribution in [-0.2, 0) is 9.53 Å². The topological polar surface area (TPSA) is 45.1 Å². The molecule has 0 radical (unpaired) electrons. The van der Waals surface area contributed by atoms with E-state index >= 15 is 0 Å². The number of carbonyl (C=O) groups excluding carboxylic acids is 1. The van der Waals surface area contributed by atoms with Crippen molar-refractivity contribution < 1.29 is 13.9 Å². The van der Waals surface area contributed by atoms with Gasteiger partial charge in [0.15, 0.2) is 0 Å². The molecule has 0 spiro atoms. The lowest BCUT2D eigenvalue weighted by Crippen LogP contribution is -2.53. The van der Waals surface area contributed by atoms with E-state index in [9.17, 15) is 9.18 Å². The average molecular weight is 243 g/mol. The summed E-state index contributed by atoms with van der Waals surface area (Å²) in [5.41, 5.74) is 0. The fraction of sp³-hybridized carbons (Fsp3) is 0.818. The van der Waals surface area contributed by atoms with Crippen molar-refractivity contribution in [2.24, 2.45) is 4.99 Å². The molecule has 2 aliphatic rings. The van der Waals surface area contributed by atoms with Crippen molar-refractivity contribution in [3.8, 4) is 0 Å². The third-order valence-corrected chi connectivity index (χ3v) is 3.41. The van der Waals surface area contributed by atoms with E-state index in [1.54, 1.807) is 16.1 Å². The first-order valence-corrected chi connectivity index (χ1v) is 5.81. The van der Waals surface area contributed by atoms with Gasteiger partial charge in [0.25, 0.3) is 0 Å². The molecule has 0 saturated carbocycles. The summed E-state index contributed by atoms with van der Waals surface area (Å²) < 4.78 is 18.7. The molecular weight excluding hydrogens is 225 g/mol. The Labute approximate surface area is 100 Å². The summed E-state index contributed by atoms with van der Waals surface area (Å²) in [6.45, 7) is 1.15. The maximum absolute atomic E-state index is 13.7. The van der Waals surface area contributed by atoms with E-state index in [2.05, 4.69) is 4.99 Å². The fourth-order valence-corrected chi connectivity index (χ4v) is 2.30. The number of carbonyl (C=O) groups is 1. The second-order valence-corrected chi connectivity index (χ2v) is 4.52. The molecule has 2 aliphatic heterocycles. The minimum Gasteiger partial charge on any atom is -0.378 e. The summed E-state index contributed by atoms with van der Waals surface area (Å²) in [7, 11) is 3.32. The van der Waals surface area contributed by atoms with Gasteiger partial charge in [-0.15, -0.1) is 0 Å². The van der Waals surface area contributed by atoms with Crippen molar-refractivity contribution in [2.75, 3.05) is 33.8 Å². The summed E-state index contributed by atoms with van der Waals surface area (Å²) in [6.07, 6.45) is 0.736. The number of hydrogen-bond donors (Lipinski definition) is 0. The Morgan fingerprint density at radius 2 is 2.35 bits per heavy atom. The Morgan fingerprint density at radius 1 is 1.59 bits per heavy atom. The number of rotatable bonds is 2. The molecule has 1 saturated heterocycles.